The number of para-hydroxylation sites is 2. The van der Waals surface area contributed by atoms with E-state index in [1.807, 2.05) is 6.07 Å². The highest BCUT2D eigenvalue weighted by molar-refractivity contribution is 6.06. The van der Waals surface area contributed by atoms with Gasteiger partial charge in [-0.1, -0.05) is 123 Å². The van der Waals surface area contributed by atoms with Gasteiger partial charge < -0.3 is 9.32 Å². The van der Waals surface area contributed by atoms with Crippen molar-refractivity contribution in [1.82, 2.24) is 0 Å². The molecule has 3 unspecified atom stereocenters. The van der Waals surface area contributed by atoms with Crippen LogP contribution in [0.5, 0.6) is 0 Å². The minimum atomic E-state index is 0.0625. The first-order valence-electron chi connectivity index (χ1n) is 17.2. The Morgan fingerprint density at radius 3 is 2.53 bits per heavy atom. The first-order chi connectivity index (χ1) is 23.1. The molecule has 0 saturated carbocycles. The lowest BCUT2D eigenvalue weighted by molar-refractivity contribution is 0.607. The monoisotopic (exact) mass is 607 g/mol. The fourth-order valence-corrected chi connectivity index (χ4v) is 9.09. The van der Waals surface area contributed by atoms with Crippen molar-refractivity contribution in [3.05, 3.63) is 167 Å². The predicted molar refractivity (Wildman–Crippen MR) is 196 cm³/mol. The zero-order chi connectivity index (χ0) is 31.3. The standard InChI is InChI=1S/C45H37NO/c1-45(2)39-15-6-3-10-33(39)37-26-38-34-11-4-7-16-41(34)46(42(38)27-40(37)45)31-24-22-29(23-25-31)28-18-20-30(21-19-28)32-13-9-14-36-35-12-5-8-17-43(35)47-44(32)36/h3-5,7-14,16-20,22-27,30,34,41H,6,15,21H2,1-2H3. The van der Waals surface area contributed by atoms with Gasteiger partial charge in [-0.15, -0.1) is 0 Å². The van der Waals surface area contributed by atoms with E-state index in [0.29, 0.717) is 11.8 Å². The molecule has 5 aromatic rings. The first-order valence-corrected chi connectivity index (χ1v) is 17.2. The Morgan fingerprint density at radius 2 is 1.66 bits per heavy atom. The Balaban J connectivity index is 0.963. The van der Waals surface area contributed by atoms with E-state index in [1.54, 1.807) is 5.57 Å². The summed E-state index contributed by atoms with van der Waals surface area (Å²) in [7, 11) is 0. The van der Waals surface area contributed by atoms with Crippen molar-refractivity contribution in [3.8, 4) is 0 Å². The fourth-order valence-electron chi connectivity index (χ4n) is 9.09. The van der Waals surface area contributed by atoms with Gasteiger partial charge >= 0.3 is 0 Å². The summed E-state index contributed by atoms with van der Waals surface area (Å²) in [5.74, 6) is 0.658. The van der Waals surface area contributed by atoms with Gasteiger partial charge in [0.1, 0.15) is 11.2 Å². The third kappa shape index (κ3) is 3.91. The molecule has 2 nitrogen and oxygen atoms in total. The van der Waals surface area contributed by atoms with E-state index in [0.717, 1.165) is 24.0 Å². The van der Waals surface area contributed by atoms with E-state index in [-0.39, 0.29) is 11.5 Å². The number of allylic oxidation sites excluding steroid dienone is 10. The number of fused-ring (bicyclic) bond motifs is 8. The lowest BCUT2D eigenvalue weighted by Crippen LogP contribution is -2.28. The van der Waals surface area contributed by atoms with Gasteiger partial charge in [0.05, 0.1) is 6.04 Å². The molecule has 4 aliphatic carbocycles. The Labute approximate surface area is 276 Å². The van der Waals surface area contributed by atoms with Gasteiger partial charge in [0.2, 0.25) is 0 Å². The van der Waals surface area contributed by atoms with Gasteiger partial charge in [0.25, 0.3) is 0 Å². The molecule has 2 heterocycles. The Bertz CT molecular complexity index is 2320. The van der Waals surface area contributed by atoms with Gasteiger partial charge in [-0.2, -0.15) is 0 Å². The number of anilines is 2. The molecule has 0 bridgehead atoms. The lowest BCUT2D eigenvalue weighted by Gasteiger charge is -2.30. The van der Waals surface area contributed by atoms with Crippen LogP contribution in [0.25, 0.3) is 33.1 Å². The molecule has 228 valence electrons. The smallest absolute Gasteiger partial charge is 0.139 e. The van der Waals surface area contributed by atoms with Gasteiger partial charge in [-0.05, 0) is 83.0 Å². The molecule has 0 radical (unpaired) electrons. The molecular weight excluding hydrogens is 571 g/mol. The third-order valence-corrected chi connectivity index (χ3v) is 11.5. The van der Waals surface area contributed by atoms with Crippen LogP contribution in [-0.4, -0.2) is 6.04 Å². The van der Waals surface area contributed by atoms with Crippen molar-refractivity contribution in [2.45, 2.75) is 56.4 Å². The van der Waals surface area contributed by atoms with Crippen molar-refractivity contribution >= 4 is 44.5 Å². The van der Waals surface area contributed by atoms with Gasteiger partial charge in [0.15, 0.2) is 0 Å². The normalized spacial score (nSPS) is 23.3. The van der Waals surface area contributed by atoms with Crippen LogP contribution in [0.1, 0.15) is 72.8 Å². The number of hydrogen-bond donors (Lipinski definition) is 0. The molecule has 0 N–H and O–H groups in total. The van der Waals surface area contributed by atoms with Crippen LogP contribution >= 0.6 is 0 Å². The second-order valence-corrected chi connectivity index (χ2v) is 14.3. The molecule has 4 aromatic carbocycles. The maximum Gasteiger partial charge on any atom is 0.139 e. The van der Waals surface area contributed by atoms with Gasteiger partial charge in [0, 0.05) is 45.0 Å². The summed E-state index contributed by atoms with van der Waals surface area (Å²) in [5.41, 5.74) is 15.9. The second-order valence-electron chi connectivity index (χ2n) is 14.3. The SMILES string of the molecule is CC1(C)C2=C(C=CCC2)c2cc3c(cc21)N(c1ccc(C2=CCC(c4cccc5c4oc4ccccc45)C=C2)cc1)C1C=CC=CC31. The highest BCUT2D eigenvalue weighted by atomic mass is 16.3. The van der Waals surface area contributed by atoms with Crippen molar-refractivity contribution in [2.75, 3.05) is 4.90 Å². The molecule has 1 aliphatic heterocycles. The highest BCUT2D eigenvalue weighted by Gasteiger charge is 2.43. The van der Waals surface area contributed by atoms with Crippen LogP contribution in [0.15, 0.2) is 144 Å². The molecule has 0 spiro atoms. The summed E-state index contributed by atoms with van der Waals surface area (Å²) in [6.07, 6.45) is 24.3. The molecular formula is C45H37NO. The van der Waals surface area contributed by atoms with Gasteiger partial charge in [-0.3, -0.25) is 0 Å². The summed E-state index contributed by atoms with van der Waals surface area (Å²) in [6.45, 7) is 4.85. The fraction of sp³-hybridized carbons (Fsp3) is 0.200. The first kappa shape index (κ1) is 27.1. The highest BCUT2D eigenvalue weighted by Crippen LogP contribution is 2.56. The zero-order valence-corrected chi connectivity index (χ0v) is 26.9. The Kier molecular flexibility index (Phi) is 5.74. The Morgan fingerprint density at radius 1 is 0.809 bits per heavy atom. The van der Waals surface area contributed by atoms with Crippen molar-refractivity contribution in [2.24, 2.45) is 0 Å². The molecule has 5 aliphatic rings. The number of furan rings is 1. The van der Waals surface area contributed by atoms with E-state index >= 15 is 0 Å². The average molecular weight is 608 g/mol. The minimum absolute atomic E-state index is 0.0625. The molecule has 2 heteroatoms. The summed E-state index contributed by atoms with van der Waals surface area (Å²) in [5, 5.41) is 2.39. The Hall–Kier alpha value is -5.08. The van der Waals surface area contributed by atoms with Gasteiger partial charge in [-0.25, -0.2) is 0 Å². The molecule has 0 fully saturated rings. The summed E-state index contributed by atoms with van der Waals surface area (Å²) in [4.78, 5) is 2.59. The predicted octanol–water partition coefficient (Wildman–Crippen LogP) is 11.8. The van der Waals surface area contributed by atoms with E-state index in [4.69, 9.17) is 4.42 Å². The topological polar surface area (TPSA) is 16.4 Å². The molecule has 1 aromatic heterocycles. The van der Waals surface area contributed by atoms with Crippen LogP contribution in [0.4, 0.5) is 11.4 Å². The number of benzene rings is 4. The molecule has 3 atom stereocenters. The summed E-state index contributed by atoms with van der Waals surface area (Å²) >= 11 is 0. The van der Waals surface area contributed by atoms with Crippen molar-refractivity contribution in [1.29, 1.82) is 0 Å². The quantitative estimate of drug-likeness (QED) is 0.203. The number of nitrogens with zero attached hydrogens (tertiary/aromatic N) is 1. The van der Waals surface area contributed by atoms with E-state index < -0.39 is 0 Å². The summed E-state index contributed by atoms with van der Waals surface area (Å²) < 4.78 is 6.36. The zero-order valence-electron chi connectivity index (χ0n) is 26.9. The molecule has 0 saturated heterocycles. The second kappa shape index (κ2) is 9.96. The van der Waals surface area contributed by atoms with Crippen LogP contribution in [0.2, 0.25) is 0 Å². The minimum Gasteiger partial charge on any atom is -0.456 e. The summed E-state index contributed by atoms with van der Waals surface area (Å²) in [6, 6.07) is 29.5. The maximum absolute atomic E-state index is 6.36. The third-order valence-electron chi connectivity index (χ3n) is 11.5. The lowest BCUT2D eigenvalue weighted by atomic mass is 9.78. The molecule has 10 rings (SSSR count). The average Bonchev–Trinajstić information content (AvgIpc) is 3.73. The van der Waals surface area contributed by atoms with E-state index in [9.17, 15) is 0 Å². The van der Waals surface area contributed by atoms with Crippen molar-refractivity contribution < 1.29 is 4.42 Å². The van der Waals surface area contributed by atoms with Crippen LogP contribution in [0.3, 0.4) is 0 Å². The number of rotatable bonds is 3. The largest absolute Gasteiger partial charge is 0.456 e. The van der Waals surface area contributed by atoms with E-state index in [1.165, 1.54) is 67.5 Å². The molecule has 47 heavy (non-hydrogen) atoms. The van der Waals surface area contributed by atoms with Crippen LogP contribution in [0, 0.1) is 0 Å². The molecule has 0 amide bonds. The van der Waals surface area contributed by atoms with Crippen molar-refractivity contribution in [3.63, 3.8) is 0 Å². The van der Waals surface area contributed by atoms with E-state index in [2.05, 4.69) is 146 Å². The number of hydrogen-bond acceptors (Lipinski definition) is 2. The maximum atomic E-state index is 6.36. The van der Waals surface area contributed by atoms with Crippen LogP contribution in [-0.2, 0) is 5.41 Å². The van der Waals surface area contributed by atoms with Crippen LogP contribution < -0.4 is 4.90 Å².